The standard InChI is InChI=1S/C37H47FN2O2/c1-27(2)40(28(3)4)22-13-23-42-35-19-12-11-14-29(35)24-36(41)39-25-32-33(26-39)37(21-20-34(32)38,30-15-7-5-8-16-30)31-17-9-6-10-18-31/h5-12,14-19,27-28,32-34H,13,20-26H2,1-4H3/t32-,33+,34+/m0/s1. The zero-order valence-corrected chi connectivity index (χ0v) is 25.7. The Kier molecular flexibility index (Phi) is 9.67. The average Bonchev–Trinajstić information content (AvgIpc) is 3.46. The van der Waals surface area contributed by atoms with Crippen molar-refractivity contribution in [3.05, 3.63) is 102 Å². The Labute approximate surface area is 251 Å². The molecule has 3 aromatic carbocycles. The summed E-state index contributed by atoms with van der Waals surface area (Å²) < 4.78 is 21.8. The summed E-state index contributed by atoms with van der Waals surface area (Å²) in [6.45, 7) is 11.5. The van der Waals surface area contributed by atoms with Crippen LogP contribution in [0, 0.1) is 11.8 Å². The number of rotatable bonds is 11. The number of halogens is 1. The molecule has 2 aliphatic rings. The molecule has 5 heteroatoms. The van der Waals surface area contributed by atoms with Gasteiger partial charge in [-0.25, -0.2) is 4.39 Å². The van der Waals surface area contributed by atoms with Gasteiger partial charge >= 0.3 is 0 Å². The Hall–Kier alpha value is -3.18. The first-order valence-corrected chi connectivity index (χ1v) is 15.8. The lowest BCUT2D eigenvalue weighted by Gasteiger charge is -2.47. The predicted octanol–water partition coefficient (Wildman–Crippen LogP) is 7.31. The Bertz CT molecular complexity index is 1250. The van der Waals surface area contributed by atoms with Crippen LogP contribution in [0.5, 0.6) is 5.75 Å². The molecule has 0 radical (unpaired) electrons. The minimum atomic E-state index is -0.903. The molecule has 1 saturated heterocycles. The van der Waals surface area contributed by atoms with Crippen LogP contribution in [0.4, 0.5) is 4.39 Å². The number of carbonyl (C=O) groups is 1. The number of amides is 1. The number of fused-ring (bicyclic) bond motifs is 1. The molecule has 3 atom stereocenters. The molecule has 1 heterocycles. The van der Waals surface area contributed by atoms with Crippen molar-refractivity contribution in [2.75, 3.05) is 26.2 Å². The number of carbonyl (C=O) groups excluding carboxylic acids is 1. The first-order chi connectivity index (χ1) is 20.3. The Morgan fingerprint density at radius 3 is 2.12 bits per heavy atom. The first kappa shape index (κ1) is 30.3. The van der Waals surface area contributed by atoms with Crippen LogP contribution in [-0.2, 0) is 16.6 Å². The quantitative estimate of drug-likeness (QED) is 0.227. The summed E-state index contributed by atoms with van der Waals surface area (Å²) in [5.74, 6) is 0.661. The maximum atomic E-state index is 15.6. The number of ether oxygens (including phenoxy) is 1. The molecule has 5 rings (SSSR count). The molecule has 0 N–H and O–H groups in total. The fourth-order valence-electron chi connectivity index (χ4n) is 7.65. The molecule has 3 aromatic rings. The molecular formula is C37H47FN2O2. The van der Waals surface area contributed by atoms with Crippen LogP contribution >= 0.6 is 0 Å². The third-order valence-corrected chi connectivity index (χ3v) is 9.67. The molecule has 2 fully saturated rings. The highest BCUT2D eigenvalue weighted by atomic mass is 19.1. The number of hydrogen-bond acceptors (Lipinski definition) is 3. The van der Waals surface area contributed by atoms with E-state index in [1.165, 1.54) is 11.1 Å². The van der Waals surface area contributed by atoms with Gasteiger partial charge in [0.2, 0.25) is 5.91 Å². The molecule has 1 aliphatic heterocycles. The fraction of sp³-hybridized carbons (Fsp3) is 0.486. The first-order valence-electron chi connectivity index (χ1n) is 15.8. The second-order valence-electron chi connectivity index (χ2n) is 12.7. The SMILES string of the molecule is CC(C)N(CCCOc1ccccc1CC(=O)N1C[C@@H]2[C@H](F)CCC(c3ccccc3)(c3ccccc3)[C@@H]2C1)C(C)C. The summed E-state index contributed by atoms with van der Waals surface area (Å²) in [6, 6.07) is 30.0. The topological polar surface area (TPSA) is 32.8 Å². The summed E-state index contributed by atoms with van der Waals surface area (Å²) in [5.41, 5.74) is 3.03. The van der Waals surface area contributed by atoms with E-state index in [9.17, 15) is 4.79 Å². The van der Waals surface area contributed by atoms with Crippen molar-refractivity contribution in [3.8, 4) is 5.75 Å². The highest BCUT2D eigenvalue weighted by Gasteiger charge is 2.55. The minimum absolute atomic E-state index is 0.0198. The summed E-state index contributed by atoms with van der Waals surface area (Å²) in [4.78, 5) is 18.2. The van der Waals surface area contributed by atoms with Crippen molar-refractivity contribution in [2.24, 2.45) is 11.8 Å². The van der Waals surface area contributed by atoms with Crippen molar-refractivity contribution in [2.45, 2.75) is 77.0 Å². The molecule has 1 aliphatic carbocycles. The lowest BCUT2D eigenvalue weighted by molar-refractivity contribution is -0.129. The van der Waals surface area contributed by atoms with Crippen molar-refractivity contribution in [1.82, 2.24) is 9.80 Å². The summed E-state index contributed by atoms with van der Waals surface area (Å²) in [6.07, 6.45) is 1.54. The number of benzene rings is 3. The van der Waals surface area contributed by atoms with Crippen LogP contribution in [0.25, 0.3) is 0 Å². The lowest BCUT2D eigenvalue weighted by atomic mass is 9.56. The van der Waals surface area contributed by atoms with Crippen molar-refractivity contribution < 1.29 is 13.9 Å². The van der Waals surface area contributed by atoms with E-state index in [2.05, 4.69) is 81.1 Å². The second-order valence-corrected chi connectivity index (χ2v) is 12.7. The van der Waals surface area contributed by atoms with E-state index in [1.54, 1.807) is 0 Å². The number of alkyl halides is 1. The van der Waals surface area contributed by atoms with Gasteiger partial charge < -0.3 is 9.64 Å². The van der Waals surface area contributed by atoms with Crippen LogP contribution in [-0.4, -0.2) is 60.2 Å². The number of para-hydroxylation sites is 1. The molecule has 1 saturated carbocycles. The Morgan fingerprint density at radius 2 is 1.50 bits per heavy atom. The summed E-state index contributed by atoms with van der Waals surface area (Å²) in [7, 11) is 0. The van der Waals surface area contributed by atoms with Gasteiger partial charge in [-0.2, -0.15) is 0 Å². The Morgan fingerprint density at radius 1 is 0.905 bits per heavy atom. The van der Waals surface area contributed by atoms with E-state index < -0.39 is 6.17 Å². The largest absolute Gasteiger partial charge is 0.493 e. The number of hydrogen-bond donors (Lipinski definition) is 0. The number of nitrogens with zero attached hydrogens (tertiary/aromatic N) is 2. The molecule has 1 amide bonds. The normalized spacial score (nSPS) is 21.6. The maximum Gasteiger partial charge on any atom is 0.227 e. The van der Waals surface area contributed by atoms with E-state index in [0.717, 1.165) is 30.7 Å². The van der Waals surface area contributed by atoms with E-state index >= 15 is 4.39 Å². The highest BCUT2D eigenvalue weighted by Crippen LogP contribution is 2.54. The fourth-order valence-corrected chi connectivity index (χ4v) is 7.65. The van der Waals surface area contributed by atoms with Gasteiger partial charge in [-0.3, -0.25) is 9.69 Å². The molecular weight excluding hydrogens is 523 g/mol. The monoisotopic (exact) mass is 570 g/mol. The van der Waals surface area contributed by atoms with Gasteiger partial charge in [-0.05, 0) is 70.1 Å². The third-order valence-electron chi connectivity index (χ3n) is 9.67. The molecule has 0 spiro atoms. The van der Waals surface area contributed by atoms with Crippen LogP contribution in [0.15, 0.2) is 84.9 Å². The van der Waals surface area contributed by atoms with E-state index in [4.69, 9.17) is 4.74 Å². The van der Waals surface area contributed by atoms with Gasteiger partial charge in [0.15, 0.2) is 0 Å². The maximum absolute atomic E-state index is 15.6. The summed E-state index contributed by atoms with van der Waals surface area (Å²) in [5, 5.41) is 0. The molecule has 4 nitrogen and oxygen atoms in total. The lowest BCUT2D eigenvalue weighted by Crippen LogP contribution is -2.47. The van der Waals surface area contributed by atoms with Crippen LogP contribution in [0.2, 0.25) is 0 Å². The average molecular weight is 571 g/mol. The molecule has 224 valence electrons. The third kappa shape index (κ3) is 6.27. The van der Waals surface area contributed by atoms with Crippen molar-refractivity contribution in [3.63, 3.8) is 0 Å². The summed E-state index contributed by atoms with van der Waals surface area (Å²) >= 11 is 0. The van der Waals surface area contributed by atoms with Gasteiger partial charge in [-0.1, -0.05) is 78.9 Å². The van der Waals surface area contributed by atoms with Gasteiger partial charge in [0.25, 0.3) is 0 Å². The van der Waals surface area contributed by atoms with E-state index in [1.807, 2.05) is 41.3 Å². The van der Waals surface area contributed by atoms with Gasteiger partial charge in [0.1, 0.15) is 11.9 Å². The predicted molar refractivity (Wildman–Crippen MR) is 169 cm³/mol. The van der Waals surface area contributed by atoms with Gasteiger partial charge in [-0.15, -0.1) is 0 Å². The Balaban J connectivity index is 1.31. The smallest absolute Gasteiger partial charge is 0.227 e. The number of likely N-dealkylation sites (tertiary alicyclic amines) is 1. The second kappa shape index (κ2) is 13.4. The van der Waals surface area contributed by atoms with Crippen LogP contribution < -0.4 is 4.74 Å². The molecule has 0 bridgehead atoms. The van der Waals surface area contributed by atoms with Gasteiger partial charge in [0, 0.05) is 48.6 Å². The minimum Gasteiger partial charge on any atom is -0.493 e. The van der Waals surface area contributed by atoms with E-state index in [0.29, 0.717) is 38.2 Å². The van der Waals surface area contributed by atoms with Crippen molar-refractivity contribution in [1.29, 1.82) is 0 Å². The molecule has 0 aromatic heterocycles. The zero-order valence-electron chi connectivity index (χ0n) is 25.7. The van der Waals surface area contributed by atoms with Crippen LogP contribution in [0.1, 0.15) is 63.6 Å². The molecule has 0 unspecified atom stereocenters. The van der Waals surface area contributed by atoms with Gasteiger partial charge in [0.05, 0.1) is 13.0 Å². The van der Waals surface area contributed by atoms with E-state index in [-0.39, 0.29) is 29.6 Å². The van der Waals surface area contributed by atoms with Crippen molar-refractivity contribution >= 4 is 5.91 Å². The molecule has 42 heavy (non-hydrogen) atoms. The zero-order chi connectivity index (χ0) is 29.7. The van der Waals surface area contributed by atoms with Crippen LogP contribution in [0.3, 0.4) is 0 Å². The highest BCUT2D eigenvalue weighted by molar-refractivity contribution is 5.80.